The molecule has 2 aromatic rings. The van der Waals surface area contributed by atoms with Gasteiger partial charge in [-0.3, -0.25) is 14.9 Å². The molecular weight excluding hydrogens is 364 g/mol. The fourth-order valence-electron chi connectivity index (χ4n) is 2.04. The molecule has 0 aromatic heterocycles. The number of para-hydroxylation sites is 1. The molecule has 8 nitrogen and oxygen atoms in total. The number of benzene rings is 2. The highest BCUT2D eigenvalue weighted by Crippen LogP contribution is 2.27. The Morgan fingerprint density at radius 3 is 2.54 bits per heavy atom. The number of halogens is 1. The maximum Gasteiger partial charge on any atom is 0.342 e. The third-order valence-corrected chi connectivity index (χ3v) is 3.71. The van der Waals surface area contributed by atoms with E-state index < -0.39 is 22.9 Å². The Hall–Kier alpha value is -3.13. The summed E-state index contributed by atoms with van der Waals surface area (Å²) in [6.07, 6.45) is -1.13. The van der Waals surface area contributed by atoms with Crippen LogP contribution in [-0.4, -0.2) is 30.0 Å². The van der Waals surface area contributed by atoms with Crippen molar-refractivity contribution >= 4 is 34.9 Å². The second-order valence-corrected chi connectivity index (χ2v) is 5.57. The summed E-state index contributed by atoms with van der Waals surface area (Å²) in [7, 11) is 1.42. The first kappa shape index (κ1) is 19.2. The molecule has 0 aliphatic heterocycles. The Kier molecular flexibility index (Phi) is 6.13. The van der Waals surface area contributed by atoms with E-state index >= 15 is 0 Å². The van der Waals surface area contributed by atoms with Crippen molar-refractivity contribution in [1.29, 1.82) is 0 Å². The highest BCUT2D eigenvalue weighted by Gasteiger charge is 2.22. The van der Waals surface area contributed by atoms with Gasteiger partial charge in [0.15, 0.2) is 6.10 Å². The zero-order chi connectivity index (χ0) is 19.3. The minimum Gasteiger partial charge on any atom is -0.496 e. The van der Waals surface area contributed by atoms with Gasteiger partial charge in [0.25, 0.3) is 11.6 Å². The van der Waals surface area contributed by atoms with Gasteiger partial charge in [-0.2, -0.15) is 0 Å². The van der Waals surface area contributed by atoms with Gasteiger partial charge >= 0.3 is 5.97 Å². The fourth-order valence-corrected chi connectivity index (χ4v) is 2.27. The third-order valence-electron chi connectivity index (χ3n) is 3.40. The number of non-ortho nitro benzene ring substituents is 1. The van der Waals surface area contributed by atoms with Crippen LogP contribution in [0.2, 0.25) is 5.02 Å². The molecule has 0 heterocycles. The molecule has 0 saturated heterocycles. The monoisotopic (exact) mass is 378 g/mol. The van der Waals surface area contributed by atoms with Crippen LogP contribution in [-0.2, 0) is 9.53 Å². The van der Waals surface area contributed by atoms with Crippen LogP contribution < -0.4 is 10.1 Å². The number of ether oxygens (including phenoxy) is 2. The van der Waals surface area contributed by atoms with E-state index in [4.69, 9.17) is 21.1 Å². The average Bonchev–Trinajstić information content (AvgIpc) is 2.62. The van der Waals surface area contributed by atoms with E-state index in [-0.39, 0.29) is 22.0 Å². The maximum atomic E-state index is 12.2. The minimum atomic E-state index is -1.13. The summed E-state index contributed by atoms with van der Waals surface area (Å²) in [5, 5.41) is 13.2. The Labute approximate surface area is 153 Å². The van der Waals surface area contributed by atoms with Crippen molar-refractivity contribution < 1.29 is 24.0 Å². The Morgan fingerprint density at radius 1 is 1.23 bits per heavy atom. The SMILES string of the molecule is COc1ccccc1C(=O)O[C@@H](C)C(=O)Nc1ccc([N+](=O)[O-])cc1Cl. The van der Waals surface area contributed by atoms with Gasteiger partial charge in [0.05, 0.1) is 22.7 Å². The first-order valence-corrected chi connectivity index (χ1v) is 7.80. The van der Waals surface area contributed by atoms with Crippen molar-refractivity contribution in [3.63, 3.8) is 0 Å². The molecule has 2 aromatic carbocycles. The predicted octanol–water partition coefficient (Wildman–Crippen LogP) is 3.44. The molecular formula is C17H15ClN2O6. The van der Waals surface area contributed by atoms with Gasteiger partial charge in [-0.15, -0.1) is 0 Å². The number of rotatable bonds is 6. The Morgan fingerprint density at radius 2 is 1.92 bits per heavy atom. The van der Waals surface area contributed by atoms with Gasteiger partial charge in [0.1, 0.15) is 11.3 Å². The highest BCUT2D eigenvalue weighted by molar-refractivity contribution is 6.34. The standard InChI is InChI=1S/C17H15ClN2O6/c1-10(26-17(22)12-5-3-4-6-15(12)25-2)16(21)19-14-8-7-11(20(23)24)9-13(14)18/h3-10H,1-2H3,(H,19,21)/t10-/m0/s1. The van der Waals surface area contributed by atoms with E-state index in [0.29, 0.717) is 5.75 Å². The van der Waals surface area contributed by atoms with Crippen LogP contribution >= 0.6 is 11.6 Å². The Bertz CT molecular complexity index is 855. The molecule has 0 unspecified atom stereocenters. The van der Waals surface area contributed by atoms with Crippen molar-refractivity contribution in [1.82, 2.24) is 0 Å². The number of amides is 1. The largest absolute Gasteiger partial charge is 0.496 e. The zero-order valence-corrected chi connectivity index (χ0v) is 14.6. The molecule has 1 amide bonds. The summed E-state index contributed by atoms with van der Waals surface area (Å²) in [5.74, 6) is -1.03. The van der Waals surface area contributed by atoms with Crippen LogP contribution in [0.1, 0.15) is 17.3 Å². The Balaban J connectivity index is 2.06. The molecule has 0 spiro atoms. The lowest BCUT2D eigenvalue weighted by atomic mass is 10.2. The molecule has 2 rings (SSSR count). The van der Waals surface area contributed by atoms with Crippen LogP contribution in [0.4, 0.5) is 11.4 Å². The minimum absolute atomic E-state index is 0.00388. The predicted molar refractivity (Wildman–Crippen MR) is 94.6 cm³/mol. The summed E-state index contributed by atoms with van der Waals surface area (Å²) >= 11 is 5.92. The summed E-state index contributed by atoms with van der Waals surface area (Å²) in [6.45, 7) is 1.39. The first-order chi connectivity index (χ1) is 12.3. The lowest BCUT2D eigenvalue weighted by Gasteiger charge is -2.15. The molecule has 0 bridgehead atoms. The van der Waals surface area contributed by atoms with Crippen molar-refractivity contribution in [2.45, 2.75) is 13.0 Å². The first-order valence-electron chi connectivity index (χ1n) is 7.42. The van der Waals surface area contributed by atoms with E-state index in [2.05, 4.69) is 5.32 Å². The number of esters is 1. The van der Waals surface area contributed by atoms with Crippen LogP contribution in [0.3, 0.4) is 0 Å². The van der Waals surface area contributed by atoms with Crippen molar-refractivity contribution in [2.75, 3.05) is 12.4 Å². The molecule has 26 heavy (non-hydrogen) atoms. The van der Waals surface area contributed by atoms with Gasteiger partial charge < -0.3 is 14.8 Å². The van der Waals surface area contributed by atoms with Crippen molar-refractivity contribution in [3.05, 3.63) is 63.2 Å². The third kappa shape index (κ3) is 4.48. The molecule has 0 aliphatic rings. The molecule has 0 radical (unpaired) electrons. The quantitative estimate of drug-likeness (QED) is 0.468. The van der Waals surface area contributed by atoms with E-state index in [9.17, 15) is 19.7 Å². The van der Waals surface area contributed by atoms with Crippen molar-refractivity contribution in [2.24, 2.45) is 0 Å². The number of hydrogen-bond donors (Lipinski definition) is 1. The summed E-state index contributed by atoms with van der Waals surface area (Å²) in [6, 6.07) is 10.1. The molecule has 136 valence electrons. The van der Waals surface area contributed by atoms with Crippen molar-refractivity contribution in [3.8, 4) is 5.75 Å². The van der Waals surface area contributed by atoms with E-state index in [1.54, 1.807) is 18.2 Å². The van der Waals surface area contributed by atoms with Crippen LogP contribution in [0, 0.1) is 10.1 Å². The number of methoxy groups -OCH3 is 1. The lowest BCUT2D eigenvalue weighted by Crippen LogP contribution is -2.30. The smallest absolute Gasteiger partial charge is 0.342 e. The number of hydrogen-bond acceptors (Lipinski definition) is 6. The van der Waals surface area contributed by atoms with E-state index in [1.165, 1.54) is 32.2 Å². The second kappa shape index (κ2) is 8.30. The molecule has 0 aliphatic carbocycles. The zero-order valence-electron chi connectivity index (χ0n) is 13.9. The number of nitro benzene ring substituents is 1. The molecule has 9 heteroatoms. The molecule has 1 atom stereocenters. The van der Waals surface area contributed by atoms with Crippen LogP contribution in [0.15, 0.2) is 42.5 Å². The van der Waals surface area contributed by atoms with Gasteiger partial charge in [0.2, 0.25) is 0 Å². The number of nitrogens with zero attached hydrogens (tertiary/aromatic N) is 1. The van der Waals surface area contributed by atoms with Gasteiger partial charge in [0, 0.05) is 12.1 Å². The number of nitrogens with one attached hydrogen (secondary N) is 1. The average molecular weight is 379 g/mol. The fraction of sp³-hybridized carbons (Fsp3) is 0.176. The summed E-state index contributed by atoms with van der Waals surface area (Å²) in [4.78, 5) is 34.5. The topological polar surface area (TPSA) is 108 Å². The normalized spacial score (nSPS) is 11.3. The molecule has 0 fully saturated rings. The van der Waals surface area contributed by atoms with Gasteiger partial charge in [-0.1, -0.05) is 23.7 Å². The van der Waals surface area contributed by atoms with Crippen LogP contribution in [0.25, 0.3) is 0 Å². The lowest BCUT2D eigenvalue weighted by molar-refractivity contribution is -0.384. The summed E-state index contributed by atoms with van der Waals surface area (Å²) in [5.41, 5.74) is 0.147. The second-order valence-electron chi connectivity index (χ2n) is 5.16. The number of carbonyl (C=O) groups is 2. The number of carbonyl (C=O) groups excluding carboxylic acids is 2. The van der Waals surface area contributed by atoms with Crippen LogP contribution in [0.5, 0.6) is 5.75 Å². The number of nitro groups is 1. The van der Waals surface area contributed by atoms with E-state index in [0.717, 1.165) is 6.07 Å². The highest BCUT2D eigenvalue weighted by atomic mass is 35.5. The number of anilines is 1. The molecule has 0 saturated carbocycles. The van der Waals surface area contributed by atoms with Gasteiger partial charge in [-0.05, 0) is 25.1 Å². The maximum absolute atomic E-state index is 12.2. The van der Waals surface area contributed by atoms with Gasteiger partial charge in [-0.25, -0.2) is 4.79 Å². The molecule has 1 N–H and O–H groups in total. The summed E-state index contributed by atoms with van der Waals surface area (Å²) < 4.78 is 10.2. The van der Waals surface area contributed by atoms with E-state index in [1.807, 2.05) is 0 Å².